The van der Waals surface area contributed by atoms with Crippen LogP contribution in [0.5, 0.6) is 0 Å². The number of nitrogens with zero attached hydrogens (tertiary/aromatic N) is 1. The second-order valence-corrected chi connectivity index (χ2v) is 9.13. The quantitative estimate of drug-likeness (QED) is 0.746. The van der Waals surface area contributed by atoms with Gasteiger partial charge in [-0.3, -0.25) is 4.79 Å². The highest BCUT2D eigenvalue weighted by molar-refractivity contribution is 7.89. The van der Waals surface area contributed by atoms with Gasteiger partial charge in [-0.15, -0.1) is 0 Å². The van der Waals surface area contributed by atoms with E-state index in [1.165, 1.54) is 63.0 Å². The second kappa shape index (κ2) is 8.78. The fourth-order valence-corrected chi connectivity index (χ4v) is 4.33. The number of amides is 1. The number of aryl methyl sites for hydroxylation is 1. The minimum absolute atomic E-state index is 0.0960. The summed E-state index contributed by atoms with van der Waals surface area (Å²) in [5.74, 6) is -0.0960. The van der Waals surface area contributed by atoms with Crippen molar-refractivity contribution in [2.45, 2.75) is 56.4 Å². The lowest BCUT2D eigenvalue weighted by molar-refractivity contribution is -0.680. The molecular weight excluding hydrogens is 338 g/mol. The molecule has 7 heteroatoms. The number of hydrogen-bond acceptors (Lipinski definition) is 3. The van der Waals surface area contributed by atoms with Crippen LogP contribution in [0.25, 0.3) is 0 Å². The lowest BCUT2D eigenvalue weighted by Gasteiger charge is -2.15. The molecule has 0 aliphatic heterocycles. The van der Waals surface area contributed by atoms with Crippen LogP contribution in [0, 0.1) is 6.92 Å². The largest absolute Gasteiger partial charge is 0.336 e. The van der Waals surface area contributed by atoms with Crippen LogP contribution in [-0.2, 0) is 14.8 Å². The molecular formula is C18H30N3O3S+. The molecule has 0 heterocycles. The van der Waals surface area contributed by atoms with Crippen molar-refractivity contribution in [3.63, 3.8) is 0 Å². The van der Waals surface area contributed by atoms with E-state index in [0.717, 1.165) is 0 Å². The Balaban J connectivity index is 1.99. The molecule has 2 rings (SSSR count). The third-order valence-electron chi connectivity index (χ3n) is 4.77. The third-order valence-corrected chi connectivity index (χ3v) is 6.72. The maximum Gasteiger partial charge on any atom is 0.279 e. The third kappa shape index (κ3) is 5.52. The zero-order valence-corrected chi connectivity index (χ0v) is 16.2. The number of sulfonamides is 1. The van der Waals surface area contributed by atoms with Crippen molar-refractivity contribution < 1.29 is 18.5 Å². The molecule has 1 aromatic carbocycles. The summed E-state index contributed by atoms with van der Waals surface area (Å²) < 4.78 is 25.9. The lowest BCUT2D eigenvalue weighted by Crippen LogP contribution is -2.91. The van der Waals surface area contributed by atoms with Gasteiger partial charge in [0.25, 0.3) is 5.91 Å². The Labute approximate surface area is 151 Å². The molecule has 0 saturated heterocycles. The van der Waals surface area contributed by atoms with Gasteiger partial charge >= 0.3 is 0 Å². The highest BCUT2D eigenvalue weighted by Gasteiger charge is 2.21. The van der Waals surface area contributed by atoms with E-state index < -0.39 is 10.0 Å². The number of benzene rings is 1. The highest BCUT2D eigenvalue weighted by atomic mass is 32.2. The van der Waals surface area contributed by atoms with Crippen molar-refractivity contribution >= 4 is 21.6 Å². The molecule has 1 amide bonds. The van der Waals surface area contributed by atoms with E-state index in [4.69, 9.17) is 0 Å². The Morgan fingerprint density at radius 1 is 1.20 bits per heavy atom. The monoisotopic (exact) mass is 368 g/mol. The van der Waals surface area contributed by atoms with Gasteiger partial charge in [0.1, 0.15) is 0 Å². The SMILES string of the molecule is Cc1ccc(NC(=O)C[NH2+]C2CCCCCC2)cc1S(=O)(=O)N(C)C. The molecule has 1 fully saturated rings. The van der Waals surface area contributed by atoms with Crippen LogP contribution in [0.2, 0.25) is 0 Å². The average molecular weight is 369 g/mol. The van der Waals surface area contributed by atoms with Crippen LogP contribution in [-0.4, -0.2) is 45.3 Å². The number of anilines is 1. The predicted octanol–water partition coefficient (Wildman–Crippen LogP) is 1.47. The number of nitrogens with one attached hydrogen (secondary N) is 1. The minimum atomic E-state index is -3.53. The first-order valence-corrected chi connectivity index (χ1v) is 10.4. The number of carbonyl (C=O) groups excluding carboxylic acids is 1. The molecule has 0 atom stereocenters. The van der Waals surface area contributed by atoms with E-state index in [0.29, 0.717) is 23.8 Å². The van der Waals surface area contributed by atoms with Crippen molar-refractivity contribution in [1.82, 2.24) is 4.31 Å². The number of carbonyl (C=O) groups is 1. The van der Waals surface area contributed by atoms with E-state index in [9.17, 15) is 13.2 Å². The first kappa shape index (κ1) is 19.9. The Morgan fingerprint density at radius 3 is 2.44 bits per heavy atom. The van der Waals surface area contributed by atoms with Gasteiger partial charge in [-0.1, -0.05) is 18.9 Å². The van der Waals surface area contributed by atoms with Crippen LogP contribution < -0.4 is 10.6 Å². The van der Waals surface area contributed by atoms with Gasteiger partial charge in [0, 0.05) is 19.8 Å². The highest BCUT2D eigenvalue weighted by Crippen LogP contribution is 2.22. The maximum atomic E-state index is 12.4. The van der Waals surface area contributed by atoms with E-state index in [1.54, 1.807) is 19.1 Å². The van der Waals surface area contributed by atoms with Gasteiger partial charge in [0.2, 0.25) is 10.0 Å². The molecule has 1 aliphatic carbocycles. The predicted molar refractivity (Wildman–Crippen MR) is 99.0 cm³/mol. The number of hydrogen-bond donors (Lipinski definition) is 2. The molecule has 6 nitrogen and oxygen atoms in total. The Kier molecular flexibility index (Phi) is 6.98. The van der Waals surface area contributed by atoms with Crippen molar-refractivity contribution in [2.24, 2.45) is 0 Å². The van der Waals surface area contributed by atoms with Crippen LogP contribution >= 0.6 is 0 Å². The first-order chi connectivity index (χ1) is 11.8. The van der Waals surface area contributed by atoms with Crippen molar-refractivity contribution in [3.8, 4) is 0 Å². The van der Waals surface area contributed by atoms with E-state index >= 15 is 0 Å². The summed E-state index contributed by atoms with van der Waals surface area (Å²) in [6.07, 6.45) is 7.41. The molecule has 0 radical (unpaired) electrons. The van der Waals surface area contributed by atoms with Gasteiger partial charge in [0.15, 0.2) is 6.54 Å². The summed E-state index contributed by atoms with van der Waals surface area (Å²) in [6, 6.07) is 5.53. The zero-order valence-electron chi connectivity index (χ0n) is 15.4. The maximum absolute atomic E-state index is 12.4. The van der Waals surface area contributed by atoms with E-state index in [1.807, 2.05) is 0 Å². The summed E-state index contributed by atoms with van der Waals surface area (Å²) in [5.41, 5.74) is 1.18. The summed E-state index contributed by atoms with van der Waals surface area (Å²) in [7, 11) is -0.522. The summed E-state index contributed by atoms with van der Waals surface area (Å²) >= 11 is 0. The van der Waals surface area contributed by atoms with E-state index in [-0.39, 0.29) is 10.8 Å². The normalized spacial score (nSPS) is 16.6. The van der Waals surface area contributed by atoms with Gasteiger partial charge in [-0.05, 0) is 50.3 Å². The molecule has 0 aromatic heterocycles. The first-order valence-electron chi connectivity index (χ1n) is 8.97. The minimum Gasteiger partial charge on any atom is -0.336 e. The van der Waals surface area contributed by atoms with Gasteiger partial charge < -0.3 is 10.6 Å². The summed E-state index contributed by atoms with van der Waals surface area (Å²) in [5, 5.41) is 4.94. The van der Waals surface area contributed by atoms with Crippen LogP contribution in [0.3, 0.4) is 0 Å². The molecule has 0 bridgehead atoms. The Bertz CT molecular complexity index is 694. The fraction of sp³-hybridized carbons (Fsp3) is 0.611. The van der Waals surface area contributed by atoms with Gasteiger partial charge in [-0.25, -0.2) is 12.7 Å². The number of quaternary nitrogens is 1. The standard InChI is InChI=1S/C18H29N3O3S/c1-14-10-11-16(12-17(14)25(23,24)21(2)3)20-18(22)13-19-15-8-6-4-5-7-9-15/h10-12,15,19H,4-9,13H2,1-3H3,(H,20,22)/p+1. The zero-order chi connectivity index (χ0) is 18.4. The Morgan fingerprint density at radius 2 is 1.84 bits per heavy atom. The molecule has 1 aromatic rings. The topological polar surface area (TPSA) is 83.1 Å². The van der Waals surface area contributed by atoms with Crippen molar-refractivity contribution in [1.29, 1.82) is 0 Å². The average Bonchev–Trinajstić information content (AvgIpc) is 2.83. The van der Waals surface area contributed by atoms with Crippen LogP contribution in [0.1, 0.15) is 44.1 Å². The second-order valence-electron chi connectivity index (χ2n) is 7.01. The molecule has 0 spiro atoms. The lowest BCUT2D eigenvalue weighted by atomic mass is 10.1. The molecule has 1 aliphatic rings. The van der Waals surface area contributed by atoms with Crippen LogP contribution in [0.4, 0.5) is 5.69 Å². The molecule has 0 unspecified atom stereocenters. The van der Waals surface area contributed by atoms with Gasteiger partial charge in [-0.2, -0.15) is 0 Å². The molecule has 25 heavy (non-hydrogen) atoms. The van der Waals surface area contributed by atoms with Crippen molar-refractivity contribution in [3.05, 3.63) is 23.8 Å². The number of rotatable bonds is 6. The summed E-state index contributed by atoms with van der Waals surface area (Å²) in [6.45, 7) is 2.12. The summed E-state index contributed by atoms with van der Waals surface area (Å²) in [4.78, 5) is 12.4. The van der Waals surface area contributed by atoms with Crippen molar-refractivity contribution in [2.75, 3.05) is 26.0 Å². The molecule has 1 saturated carbocycles. The Hall–Kier alpha value is -1.44. The molecule has 140 valence electrons. The smallest absolute Gasteiger partial charge is 0.279 e. The van der Waals surface area contributed by atoms with Gasteiger partial charge in [0.05, 0.1) is 10.9 Å². The van der Waals surface area contributed by atoms with Crippen LogP contribution in [0.15, 0.2) is 23.1 Å². The fourth-order valence-electron chi connectivity index (χ4n) is 3.18. The molecule has 3 N–H and O–H groups in total. The number of nitrogens with two attached hydrogens (primary N) is 1. The van der Waals surface area contributed by atoms with E-state index in [2.05, 4.69) is 10.6 Å².